The normalized spacial score (nSPS) is 11.9. The lowest BCUT2D eigenvalue weighted by atomic mass is 10.1. The molecule has 0 spiro atoms. The Morgan fingerprint density at radius 2 is 2.05 bits per heavy atom. The summed E-state index contributed by atoms with van der Waals surface area (Å²) >= 11 is 0. The number of hydrogen-bond donors (Lipinski definition) is 1. The third-order valence-electron chi connectivity index (χ3n) is 3.10. The highest BCUT2D eigenvalue weighted by atomic mass is 15.0. The second-order valence-electron chi connectivity index (χ2n) is 5.95. The molecule has 0 atom stereocenters. The monoisotopic (exact) mass is 260 g/mol. The number of hydrogen-bond acceptors (Lipinski definition) is 2. The molecular formula is C15H24N4. The molecule has 0 aliphatic heterocycles. The molecule has 104 valence electrons. The van der Waals surface area contributed by atoms with E-state index in [0.717, 1.165) is 26.1 Å². The van der Waals surface area contributed by atoms with Gasteiger partial charge < -0.3 is 14.5 Å². The zero-order valence-electron chi connectivity index (χ0n) is 12.1. The molecule has 0 saturated heterocycles. The molecule has 0 fully saturated rings. The zero-order valence-corrected chi connectivity index (χ0v) is 12.1. The molecule has 2 rings (SSSR count). The Labute approximate surface area is 115 Å². The van der Waals surface area contributed by atoms with E-state index in [2.05, 4.69) is 58.5 Å². The van der Waals surface area contributed by atoms with E-state index >= 15 is 0 Å². The number of aromatic nitrogens is 3. The van der Waals surface area contributed by atoms with Crippen LogP contribution in [-0.4, -0.2) is 19.7 Å². The molecular weight excluding hydrogens is 236 g/mol. The molecule has 2 aromatic heterocycles. The van der Waals surface area contributed by atoms with Gasteiger partial charge in [0, 0.05) is 49.5 Å². The third kappa shape index (κ3) is 4.56. The van der Waals surface area contributed by atoms with E-state index in [9.17, 15) is 0 Å². The molecule has 4 nitrogen and oxygen atoms in total. The lowest BCUT2D eigenvalue weighted by Crippen LogP contribution is -2.35. The van der Waals surface area contributed by atoms with Crippen molar-refractivity contribution < 1.29 is 0 Å². The maximum Gasteiger partial charge on any atom is 0.0945 e. The van der Waals surface area contributed by atoms with Gasteiger partial charge in [0.1, 0.15) is 0 Å². The van der Waals surface area contributed by atoms with Crippen molar-refractivity contribution in [1.82, 2.24) is 19.4 Å². The van der Waals surface area contributed by atoms with Crippen LogP contribution >= 0.6 is 0 Å². The molecule has 0 radical (unpaired) electrons. The van der Waals surface area contributed by atoms with Gasteiger partial charge in [-0.25, -0.2) is 4.98 Å². The minimum absolute atomic E-state index is 0.159. The van der Waals surface area contributed by atoms with Crippen molar-refractivity contribution >= 4 is 0 Å². The van der Waals surface area contributed by atoms with Crippen LogP contribution < -0.4 is 5.32 Å². The topological polar surface area (TPSA) is 34.8 Å². The van der Waals surface area contributed by atoms with Crippen LogP contribution in [0.25, 0.3) is 0 Å². The lowest BCUT2D eigenvalue weighted by Gasteiger charge is -2.21. The van der Waals surface area contributed by atoms with E-state index in [0.29, 0.717) is 0 Å². The number of imidazole rings is 1. The Balaban J connectivity index is 1.82. The number of aryl methyl sites for hydroxylation is 2. The lowest BCUT2D eigenvalue weighted by molar-refractivity contribution is 0.413. The summed E-state index contributed by atoms with van der Waals surface area (Å²) in [6, 6.07) is 4.31. The van der Waals surface area contributed by atoms with Crippen molar-refractivity contribution in [1.29, 1.82) is 0 Å². The first kappa shape index (κ1) is 13.9. The Kier molecular flexibility index (Phi) is 4.43. The summed E-state index contributed by atoms with van der Waals surface area (Å²) in [6.45, 7) is 9.57. The first-order valence-corrected chi connectivity index (χ1v) is 6.89. The van der Waals surface area contributed by atoms with Crippen molar-refractivity contribution in [3.8, 4) is 0 Å². The molecule has 0 saturated carbocycles. The van der Waals surface area contributed by atoms with Crippen molar-refractivity contribution in [2.45, 2.75) is 52.4 Å². The van der Waals surface area contributed by atoms with E-state index in [-0.39, 0.29) is 5.54 Å². The van der Waals surface area contributed by atoms with Crippen LogP contribution in [0.5, 0.6) is 0 Å². The van der Waals surface area contributed by atoms with Crippen molar-refractivity contribution in [2.75, 3.05) is 0 Å². The van der Waals surface area contributed by atoms with Crippen LogP contribution in [0.1, 0.15) is 32.9 Å². The Morgan fingerprint density at radius 1 is 1.21 bits per heavy atom. The molecule has 4 heteroatoms. The van der Waals surface area contributed by atoms with E-state index in [4.69, 9.17) is 0 Å². The van der Waals surface area contributed by atoms with Crippen LogP contribution in [0.3, 0.4) is 0 Å². The zero-order chi connectivity index (χ0) is 13.7. The van der Waals surface area contributed by atoms with Gasteiger partial charge in [-0.2, -0.15) is 0 Å². The maximum absolute atomic E-state index is 4.06. The molecule has 1 N–H and O–H groups in total. The van der Waals surface area contributed by atoms with Crippen molar-refractivity contribution in [3.63, 3.8) is 0 Å². The predicted molar refractivity (Wildman–Crippen MR) is 77.9 cm³/mol. The summed E-state index contributed by atoms with van der Waals surface area (Å²) in [6.07, 6.45) is 8.99. The molecule has 19 heavy (non-hydrogen) atoms. The molecule has 2 aromatic rings. The standard InChI is InChI=1S/C15H24N4/c1-15(2,3)17-12-14-6-4-9-19(14)10-5-8-18-11-7-16-13-18/h4,6-7,9,11,13,17H,5,8,10,12H2,1-3H3. The largest absolute Gasteiger partial charge is 0.350 e. The van der Waals surface area contributed by atoms with E-state index in [1.54, 1.807) is 0 Å². The van der Waals surface area contributed by atoms with Crippen LogP contribution in [0.2, 0.25) is 0 Å². The second-order valence-corrected chi connectivity index (χ2v) is 5.95. The van der Waals surface area contributed by atoms with Gasteiger partial charge in [-0.3, -0.25) is 0 Å². The quantitative estimate of drug-likeness (QED) is 0.866. The predicted octanol–water partition coefficient (Wildman–Crippen LogP) is 2.66. The smallest absolute Gasteiger partial charge is 0.0945 e. The summed E-state index contributed by atoms with van der Waals surface area (Å²) in [7, 11) is 0. The summed E-state index contributed by atoms with van der Waals surface area (Å²) in [5.74, 6) is 0. The summed E-state index contributed by atoms with van der Waals surface area (Å²) < 4.78 is 4.45. The first-order valence-electron chi connectivity index (χ1n) is 6.89. The van der Waals surface area contributed by atoms with Gasteiger partial charge in [-0.1, -0.05) is 0 Å². The molecule has 0 aliphatic carbocycles. The molecule has 0 aliphatic rings. The fourth-order valence-electron chi connectivity index (χ4n) is 2.03. The van der Waals surface area contributed by atoms with Gasteiger partial charge in [0.2, 0.25) is 0 Å². The fourth-order valence-corrected chi connectivity index (χ4v) is 2.03. The molecule has 2 heterocycles. The minimum Gasteiger partial charge on any atom is -0.350 e. The van der Waals surface area contributed by atoms with Crippen LogP contribution in [0.15, 0.2) is 37.1 Å². The SMILES string of the molecule is CC(C)(C)NCc1cccn1CCCn1ccnc1. The molecule has 0 amide bonds. The molecule has 0 unspecified atom stereocenters. The highest BCUT2D eigenvalue weighted by Crippen LogP contribution is 2.07. The van der Waals surface area contributed by atoms with Gasteiger partial charge in [0.15, 0.2) is 0 Å². The van der Waals surface area contributed by atoms with Gasteiger partial charge >= 0.3 is 0 Å². The fraction of sp³-hybridized carbons (Fsp3) is 0.533. The summed E-state index contributed by atoms with van der Waals surface area (Å²) in [5, 5.41) is 3.53. The number of nitrogens with one attached hydrogen (secondary N) is 1. The number of rotatable bonds is 6. The summed E-state index contributed by atoms with van der Waals surface area (Å²) in [5.41, 5.74) is 1.51. The minimum atomic E-state index is 0.159. The highest BCUT2D eigenvalue weighted by molar-refractivity contribution is 5.07. The van der Waals surface area contributed by atoms with E-state index in [1.807, 2.05) is 18.7 Å². The van der Waals surface area contributed by atoms with Gasteiger partial charge in [-0.15, -0.1) is 0 Å². The van der Waals surface area contributed by atoms with E-state index in [1.165, 1.54) is 5.69 Å². The highest BCUT2D eigenvalue weighted by Gasteiger charge is 2.09. The van der Waals surface area contributed by atoms with Crippen LogP contribution in [0.4, 0.5) is 0 Å². The van der Waals surface area contributed by atoms with Gasteiger partial charge in [0.25, 0.3) is 0 Å². The average Bonchev–Trinajstić information content (AvgIpc) is 2.96. The second kappa shape index (κ2) is 6.06. The first-order chi connectivity index (χ1) is 9.04. The van der Waals surface area contributed by atoms with Crippen LogP contribution in [-0.2, 0) is 19.6 Å². The summed E-state index contributed by atoms with van der Waals surface area (Å²) in [4.78, 5) is 4.06. The number of nitrogens with zero attached hydrogens (tertiary/aromatic N) is 3. The Hall–Kier alpha value is -1.55. The van der Waals surface area contributed by atoms with Gasteiger partial charge in [-0.05, 0) is 39.3 Å². The molecule has 0 aromatic carbocycles. The van der Waals surface area contributed by atoms with Gasteiger partial charge in [0.05, 0.1) is 6.33 Å². The molecule has 0 bridgehead atoms. The maximum atomic E-state index is 4.06. The Bertz CT molecular complexity index is 476. The average molecular weight is 260 g/mol. The Morgan fingerprint density at radius 3 is 2.74 bits per heavy atom. The van der Waals surface area contributed by atoms with E-state index < -0.39 is 0 Å². The third-order valence-corrected chi connectivity index (χ3v) is 3.10. The van der Waals surface area contributed by atoms with Crippen molar-refractivity contribution in [2.24, 2.45) is 0 Å². The van der Waals surface area contributed by atoms with Crippen LogP contribution in [0, 0.1) is 0 Å². The van der Waals surface area contributed by atoms with Crippen molar-refractivity contribution in [3.05, 3.63) is 42.7 Å².